The molecule has 0 N–H and O–H groups in total. The molecular formula is C21H33N. The van der Waals surface area contributed by atoms with Crippen molar-refractivity contribution in [2.75, 3.05) is 18.5 Å². The molecule has 0 saturated heterocycles. The molecule has 2 atom stereocenters. The molecule has 1 heteroatoms. The van der Waals surface area contributed by atoms with E-state index in [0.29, 0.717) is 0 Å². The monoisotopic (exact) mass is 299 g/mol. The van der Waals surface area contributed by atoms with Gasteiger partial charge in [-0.05, 0) is 42.7 Å². The van der Waals surface area contributed by atoms with Crippen molar-refractivity contribution in [3.05, 3.63) is 29.8 Å². The number of hydrogen-bond acceptors (Lipinski definition) is 1. The van der Waals surface area contributed by atoms with Crippen molar-refractivity contribution in [3.8, 4) is 0 Å². The van der Waals surface area contributed by atoms with Gasteiger partial charge in [0, 0.05) is 19.3 Å². The molecule has 1 fully saturated rings. The molecule has 0 aromatic heterocycles. The summed E-state index contributed by atoms with van der Waals surface area (Å²) in [6, 6.07) is 9.11. The fourth-order valence-electron chi connectivity index (χ4n) is 4.64. The highest BCUT2D eigenvalue weighted by atomic mass is 15.1. The maximum absolute atomic E-state index is 2.53. The highest BCUT2D eigenvalue weighted by Gasteiger charge is 2.27. The lowest BCUT2D eigenvalue weighted by molar-refractivity contribution is 0.283. The van der Waals surface area contributed by atoms with E-state index in [4.69, 9.17) is 0 Å². The molecule has 3 rings (SSSR count). The van der Waals surface area contributed by atoms with Gasteiger partial charge >= 0.3 is 0 Å². The maximum atomic E-state index is 2.53. The van der Waals surface area contributed by atoms with E-state index in [-0.39, 0.29) is 0 Å². The molecule has 1 aliphatic heterocycles. The molecule has 1 aromatic carbocycles. The second kappa shape index (κ2) is 8.04. The standard InChI is InChI=1S/C21H33N/c1-22-17-20-14-9-7-5-3-2-4-6-8-12-18(20)16-19-13-10-11-15-21(19)22/h10-11,13,15,18,20H,2-9,12,14,16-17H2,1H3. The van der Waals surface area contributed by atoms with Crippen molar-refractivity contribution >= 4 is 5.69 Å². The summed E-state index contributed by atoms with van der Waals surface area (Å²) in [5.41, 5.74) is 3.07. The van der Waals surface area contributed by atoms with Crippen LogP contribution in [0.4, 0.5) is 5.69 Å². The average molecular weight is 300 g/mol. The summed E-state index contributed by atoms with van der Waals surface area (Å²) in [4.78, 5) is 2.53. The minimum atomic E-state index is 0.900. The molecule has 0 spiro atoms. The molecule has 1 heterocycles. The molecule has 0 radical (unpaired) electrons. The predicted molar refractivity (Wildman–Crippen MR) is 96.6 cm³/mol. The van der Waals surface area contributed by atoms with Gasteiger partial charge in [0.05, 0.1) is 0 Å². The summed E-state index contributed by atoms with van der Waals surface area (Å²) in [6.45, 7) is 1.27. The minimum absolute atomic E-state index is 0.900. The van der Waals surface area contributed by atoms with Crippen molar-refractivity contribution in [1.29, 1.82) is 0 Å². The number of anilines is 1. The van der Waals surface area contributed by atoms with E-state index in [9.17, 15) is 0 Å². The van der Waals surface area contributed by atoms with Crippen LogP contribution in [0.3, 0.4) is 0 Å². The second-order valence-electron chi connectivity index (χ2n) is 7.64. The summed E-state index contributed by atoms with van der Waals surface area (Å²) in [5.74, 6) is 1.81. The summed E-state index contributed by atoms with van der Waals surface area (Å²) < 4.78 is 0. The number of fused-ring (bicyclic) bond motifs is 2. The van der Waals surface area contributed by atoms with E-state index in [1.807, 2.05) is 0 Å². The van der Waals surface area contributed by atoms with E-state index >= 15 is 0 Å². The summed E-state index contributed by atoms with van der Waals surface area (Å²) in [7, 11) is 2.30. The Morgan fingerprint density at radius 2 is 1.36 bits per heavy atom. The van der Waals surface area contributed by atoms with E-state index in [2.05, 4.69) is 36.2 Å². The zero-order chi connectivity index (χ0) is 15.2. The van der Waals surface area contributed by atoms with Gasteiger partial charge in [-0.25, -0.2) is 0 Å². The SMILES string of the molecule is CN1CC2CCCCCCCCCCC2Cc2ccccc21. The molecule has 2 aliphatic rings. The summed E-state index contributed by atoms with van der Waals surface area (Å²) in [5, 5.41) is 0. The predicted octanol–water partition coefficient (Wildman–Crippen LogP) is 5.83. The smallest absolute Gasteiger partial charge is 0.0396 e. The lowest BCUT2D eigenvalue weighted by Crippen LogP contribution is -2.28. The molecule has 1 aromatic rings. The maximum Gasteiger partial charge on any atom is 0.0396 e. The molecule has 1 aliphatic carbocycles. The number of nitrogens with zero attached hydrogens (tertiary/aromatic N) is 1. The van der Waals surface area contributed by atoms with Gasteiger partial charge in [-0.15, -0.1) is 0 Å². The van der Waals surface area contributed by atoms with Crippen LogP contribution < -0.4 is 4.90 Å². The second-order valence-corrected chi connectivity index (χ2v) is 7.64. The van der Waals surface area contributed by atoms with Crippen LogP contribution in [0.1, 0.15) is 69.8 Å². The molecule has 22 heavy (non-hydrogen) atoms. The first-order valence-electron chi connectivity index (χ1n) is 9.63. The van der Waals surface area contributed by atoms with E-state index in [1.165, 1.54) is 82.9 Å². The topological polar surface area (TPSA) is 3.24 Å². The Kier molecular flexibility index (Phi) is 5.81. The van der Waals surface area contributed by atoms with Crippen molar-refractivity contribution in [2.24, 2.45) is 11.8 Å². The fourth-order valence-corrected chi connectivity index (χ4v) is 4.64. The molecule has 0 amide bonds. The highest BCUT2D eigenvalue weighted by Crippen LogP contribution is 2.36. The number of benzene rings is 1. The van der Waals surface area contributed by atoms with Crippen LogP contribution in [0.15, 0.2) is 24.3 Å². The first-order chi connectivity index (χ1) is 10.8. The third kappa shape index (κ3) is 4.06. The zero-order valence-electron chi connectivity index (χ0n) is 14.4. The van der Waals surface area contributed by atoms with Crippen LogP contribution in [0, 0.1) is 11.8 Å². The highest BCUT2D eigenvalue weighted by molar-refractivity contribution is 5.54. The summed E-state index contributed by atoms with van der Waals surface area (Å²) >= 11 is 0. The van der Waals surface area contributed by atoms with Gasteiger partial charge < -0.3 is 4.90 Å². The Morgan fingerprint density at radius 3 is 2.09 bits per heavy atom. The zero-order valence-corrected chi connectivity index (χ0v) is 14.4. The number of rotatable bonds is 0. The first kappa shape index (κ1) is 15.9. The molecule has 2 unspecified atom stereocenters. The normalized spacial score (nSPS) is 27.8. The number of hydrogen-bond donors (Lipinski definition) is 0. The Bertz CT molecular complexity index is 453. The largest absolute Gasteiger partial charge is 0.374 e. The minimum Gasteiger partial charge on any atom is -0.374 e. The van der Waals surface area contributed by atoms with Crippen LogP contribution in [-0.4, -0.2) is 13.6 Å². The van der Waals surface area contributed by atoms with Crippen LogP contribution >= 0.6 is 0 Å². The molecule has 122 valence electrons. The van der Waals surface area contributed by atoms with Gasteiger partial charge in [-0.2, -0.15) is 0 Å². The van der Waals surface area contributed by atoms with Crippen LogP contribution in [0.5, 0.6) is 0 Å². The van der Waals surface area contributed by atoms with Crippen molar-refractivity contribution in [2.45, 2.75) is 70.6 Å². The van der Waals surface area contributed by atoms with E-state index in [0.717, 1.165) is 11.8 Å². The molecule has 1 nitrogen and oxygen atoms in total. The fraction of sp³-hybridized carbons (Fsp3) is 0.714. The Balaban J connectivity index is 1.74. The quantitative estimate of drug-likeness (QED) is 0.583. The van der Waals surface area contributed by atoms with E-state index < -0.39 is 0 Å². The van der Waals surface area contributed by atoms with E-state index in [1.54, 1.807) is 5.56 Å². The lowest BCUT2D eigenvalue weighted by atomic mass is 9.80. The lowest BCUT2D eigenvalue weighted by Gasteiger charge is -2.28. The third-order valence-electron chi connectivity index (χ3n) is 5.96. The van der Waals surface area contributed by atoms with Crippen LogP contribution in [0.2, 0.25) is 0 Å². The third-order valence-corrected chi connectivity index (χ3v) is 5.96. The van der Waals surface area contributed by atoms with Gasteiger partial charge in [0.2, 0.25) is 0 Å². The van der Waals surface area contributed by atoms with Crippen molar-refractivity contribution in [1.82, 2.24) is 0 Å². The van der Waals surface area contributed by atoms with Crippen molar-refractivity contribution < 1.29 is 0 Å². The van der Waals surface area contributed by atoms with Gasteiger partial charge in [-0.1, -0.05) is 69.6 Å². The Hall–Kier alpha value is -0.980. The van der Waals surface area contributed by atoms with Gasteiger partial charge in [0.15, 0.2) is 0 Å². The average Bonchev–Trinajstić information content (AvgIpc) is 2.65. The molecule has 0 bridgehead atoms. The van der Waals surface area contributed by atoms with Gasteiger partial charge in [-0.3, -0.25) is 0 Å². The molecular weight excluding hydrogens is 266 g/mol. The van der Waals surface area contributed by atoms with Gasteiger partial charge in [0.1, 0.15) is 0 Å². The molecule has 1 saturated carbocycles. The van der Waals surface area contributed by atoms with Crippen LogP contribution in [-0.2, 0) is 6.42 Å². The number of para-hydroxylation sites is 1. The van der Waals surface area contributed by atoms with Crippen LogP contribution in [0.25, 0.3) is 0 Å². The first-order valence-corrected chi connectivity index (χ1v) is 9.63. The van der Waals surface area contributed by atoms with Gasteiger partial charge in [0.25, 0.3) is 0 Å². The summed E-state index contributed by atoms with van der Waals surface area (Å²) in [6.07, 6.45) is 15.9. The van der Waals surface area contributed by atoms with Crippen molar-refractivity contribution in [3.63, 3.8) is 0 Å². The Labute approximate surface area is 137 Å². The Morgan fingerprint density at radius 1 is 0.773 bits per heavy atom.